The van der Waals surface area contributed by atoms with Crippen LogP contribution in [0, 0.1) is 17.6 Å². The zero-order valence-electron chi connectivity index (χ0n) is 28.2. The maximum atomic E-state index is 7.17. The lowest BCUT2D eigenvalue weighted by Crippen LogP contribution is -2.44. The minimum atomic E-state index is -2.21. The average Bonchev–Trinajstić information content (AvgIpc) is 2.87. The van der Waals surface area contributed by atoms with Crippen LogP contribution < -0.4 is 18.3 Å². The molecule has 0 unspecified atom stereocenters. The first-order chi connectivity index (χ1) is 20.1. The molecule has 0 aliphatic carbocycles. The van der Waals surface area contributed by atoms with Crippen molar-refractivity contribution in [2.75, 3.05) is 14.2 Å². The Hall–Kier alpha value is -0.776. The molecule has 0 amide bonds. The van der Waals surface area contributed by atoms with Gasteiger partial charge in [0.25, 0.3) is 16.6 Å². The number of hydrogen-bond donors (Lipinski definition) is 0. The van der Waals surface area contributed by atoms with E-state index in [9.17, 15) is 0 Å². The van der Waals surface area contributed by atoms with Crippen molar-refractivity contribution >= 4 is 106 Å². The summed E-state index contributed by atoms with van der Waals surface area (Å²) in [5.41, 5.74) is 3.08. The van der Waals surface area contributed by atoms with Crippen LogP contribution in [0.4, 0.5) is 0 Å². The zero-order valence-corrected chi connectivity index (χ0v) is 36.7. The van der Waals surface area contributed by atoms with Gasteiger partial charge in [-0.25, -0.2) is 0 Å². The minimum absolute atomic E-state index is 0.0297. The van der Waals surface area contributed by atoms with Gasteiger partial charge < -0.3 is 18.3 Å². The maximum absolute atomic E-state index is 7.17. The van der Waals surface area contributed by atoms with E-state index in [4.69, 9.17) is 18.3 Å². The van der Waals surface area contributed by atoms with Gasteiger partial charge >= 0.3 is 0 Å². The van der Waals surface area contributed by atoms with Crippen LogP contribution in [0.15, 0.2) is 36.4 Å². The van der Waals surface area contributed by atoms with E-state index in [1.54, 1.807) is 14.2 Å². The molecule has 0 aliphatic rings. The molecular weight excluding hydrogens is 921 g/mol. The summed E-state index contributed by atoms with van der Waals surface area (Å²) in [7, 11) is -0.912. The number of methoxy groups -OCH3 is 2. The number of rotatable bonds is 7. The van der Waals surface area contributed by atoms with Crippen LogP contribution in [0.2, 0.25) is 36.3 Å². The van der Waals surface area contributed by atoms with Gasteiger partial charge in [-0.05, 0) is 158 Å². The van der Waals surface area contributed by atoms with E-state index in [1.807, 2.05) is 0 Å². The molecule has 4 rings (SSSR count). The van der Waals surface area contributed by atoms with Gasteiger partial charge in [0, 0.05) is 38.0 Å². The molecule has 0 atom stereocenters. The Labute approximate surface area is 307 Å². The number of hydrogen-bond acceptors (Lipinski definition) is 4. The summed E-state index contributed by atoms with van der Waals surface area (Å²) in [5.74, 6) is 3.34. The fourth-order valence-electron chi connectivity index (χ4n) is 4.87. The number of benzene rings is 4. The third kappa shape index (κ3) is 6.77. The molecule has 4 nitrogen and oxygen atoms in total. The van der Waals surface area contributed by atoms with E-state index in [2.05, 4.69) is 179 Å². The van der Waals surface area contributed by atoms with Gasteiger partial charge in [-0.2, -0.15) is 0 Å². The summed E-state index contributed by atoms with van der Waals surface area (Å²) < 4.78 is 30.2. The van der Waals surface area contributed by atoms with Gasteiger partial charge in [0.15, 0.2) is 0 Å². The fraction of sp³-hybridized carbons (Fsp3) is 0.429. The summed E-state index contributed by atoms with van der Waals surface area (Å²) >= 11 is 7.25. The Bertz CT molecular complexity index is 1620. The standard InChI is InChI=1S/C35H45I3O4Si2/c1-20-14-26(39-8)32(30-23(20)15-21(36)17-28(30)41-43(10,11)34(2,3)4)33-27(40-9)19-25(38)24-16-22(37)18-29(31(24)33)42-44(12,13)35(5,6)7/h14-19H,1-13H3. The van der Waals surface area contributed by atoms with Crippen molar-refractivity contribution in [3.8, 4) is 34.1 Å². The lowest BCUT2D eigenvalue weighted by molar-refractivity contribution is 0.410. The third-order valence-electron chi connectivity index (χ3n) is 9.45. The number of fused-ring (bicyclic) bond motifs is 2. The molecule has 44 heavy (non-hydrogen) atoms. The average molecular weight is 967 g/mol. The summed E-state index contributed by atoms with van der Waals surface area (Å²) in [6.45, 7) is 25.1. The zero-order chi connectivity index (χ0) is 33.2. The number of ether oxygens (including phenoxy) is 2. The van der Waals surface area contributed by atoms with Crippen molar-refractivity contribution in [1.29, 1.82) is 0 Å². The predicted octanol–water partition coefficient (Wildman–Crippen LogP) is 12.6. The Morgan fingerprint density at radius 1 is 0.545 bits per heavy atom. The van der Waals surface area contributed by atoms with Gasteiger partial charge in [-0.3, -0.25) is 0 Å². The summed E-state index contributed by atoms with van der Waals surface area (Å²) in [5, 5.41) is 4.43. The number of aryl methyl sites for hydroxylation is 1. The minimum Gasteiger partial charge on any atom is -0.543 e. The summed E-state index contributed by atoms with van der Waals surface area (Å²) in [6, 6.07) is 13.1. The highest BCUT2D eigenvalue weighted by atomic mass is 127. The molecule has 0 radical (unpaired) electrons. The third-order valence-corrected chi connectivity index (χ3v) is 20.3. The molecule has 0 saturated carbocycles. The SMILES string of the molecule is COc1cc(C)c2cc(I)cc(O[Si](C)(C)C(C)(C)C)c2c1-c1c(OC)cc(I)c2cc(I)cc(O[Si](C)(C)C(C)(C)C)c12. The van der Waals surface area contributed by atoms with E-state index >= 15 is 0 Å². The molecule has 4 aromatic rings. The normalized spacial score (nSPS) is 13.0. The van der Waals surface area contributed by atoms with Crippen molar-refractivity contribution in [3.05, 3.63) is 52.7 Å². The van der Waals surface area contributed by atoms with Gasteiger partial charge in [0.05, 0.1) is 14.2 Å². The predicted molar refractivity (Wildman–Crippen MR) is 219 cm³/mol. The van der Waals surface area contributed by atoms with Crippen LogP contribution in [0.5, 0.6) is 23.0 Å². The van der Waals surface area contributed by atoms with Crippen LogP contribution >= 0.6 is 67.8 Å². The van der Waals surface area contributed by atoms with Crippen molar-refractivity contribution < 1.29 is 18.3 Å². The molecule has 0 aliphatic heterocycles. The van der Waals surface area contributed by atoms with E-state index in [0.717, 1.165) is 71.9 Å². The van der Waals surface area contributed by atoms with E-state index < -0.39 is 16.6 Å². The Morgan fingerprint density at radius 3 is 1.34 bits per heavy atom. The van der Waals surface area contributed by atoms with Crippen LogP contribution in [0.1, 0.15) is 47.1 Å². The molecule has 0 fully saturated rings. The second-order valence-corrected chi connectivity index (χ2v) is 27.7. The van der Waals surface area contributed by atoms with Crippen molar-refractivity contribution in [1.82, 2.24) is 0 Å². The van der Waals surface area contributed by atoms with Crippen LogP contribution in [0.3, 0.4) is 0 Å². The van der Waals surface area contributed by atoms with Gasteiger partial charge in [0.2, 0.25) is 0 Å². The van der Waals surface area contributed by atoms with Gasteiger partial charge in [-0.1, -0.05) is 41.5 Å². The maximum Gasteiger partial charge on any atom is 0.250 e. The van der Waals surface area contributed by atoms with E-state index in [1.165, 1.54) is 0 Å². The molecule has 0 bridgehead atoms. The van der Waals surface area contributed by atoms with E-state index in [-0.39, 0.29) is 10.1 Å². The van der Waals surface area contributed by atoms with E-state index in [0.29, 0.717) is 0 Å². The quantitative estimate of drug-likeness (QED) is 0.137. The van der Waals surface area contributed by atoms with Crippen LogP contribution in [0.25, 0.3) is 32.7 Å². The molecule has 0 N–H and O–H groups in total. The largest absolute Gasteiger partial charge is 0.543 e. The molecule has 4 aromatic carbocycles. The van der Waals surface area contributed by atoms with Crippen LogP contribution in [-0.2, 0) is 0 Å². The second kappa shape index (κ2) is 12.7. The van der Waals surface area contributed by atoms with Crippen molar-refractivity contribution in [2.45, 2.75) is 84.7 Å². The first-order valence-electron chi connectivity index (χ1n) is 14.8. The van der Waals surface area contributed by atoms with Crippen LogP contribution in [-0.4, -0.2) is 30.9 Å². The molecule has 0 saturated heterocycles. The highest BCUT2D eigenvalue weighted by Gasteiger charge is 2.41. The lowest BCUT2D eigenvalue weighted by atomic mass is 9.89. The van der Waals surface area contributed by atoms with Crippen molar-refractivity contribution in [2.24, 2.45) is 0 Å². The monoisotopic (exact) mass is 966 g/mol. The molecule has 0 spiro atoms. The molecule has 0 heterocycles. The van der Waals surface area contributed by atoms with Crippen molar-refractivity contribution in [3.63, 3.8) is 0 Å². The molecule has 238 valence electrons. The Balaban J connectivity index is 2.28. The highest BCUT2D eigenvalue weighted by Crippen LogP contribution is 2.53. The van der Waals surface area contributed by atoms with Gasteiger partial charge in [-0.15, -0.1) is 0 Å². The summed E-state index contributed by atoms with van der Waals surface area (Å²) in [6.07, 6.45) is 0. The fourth-order valence-corrected chi connectivity index (χ4v) is 8.80. The Morgan fingerprint density at radius 2 is 0.932 bits per heavy atom. The molecule has 0 aromatic heterocycles. The smallest absolute Gasteiger partial charge is 0.250 e. The Kier molecular flexibility index (Phi) is 10.4. The van der Waals surface area contributed by atoms with Gasteiger partial charge in [0.1, 0.15) is 23.0 Å². The lowest BCUT2D eigenvalue weighted by Gasteiger charge is -2.37. The second-order valence-electron chi connectivity index (χ2n) is 14.6. The first-order valence-corrected chi connectivity index (χ1v) is 23.9. The first kappa shape index (κ1) is 36.1. The topological polar surface area (TPSA) is 36.9 Å². The highest BCUT2D eigenvalue weighted by molar-refractivity contribution is 14.1. The summed E-state index contributed by atoms with van der Waals surface area (Å²) in [4.78, 5) is 0. The molecular formula is C35H45I3O4Si2. The molecule has 9 heteroatoms. The number of halogens is 3.